The molecule has 2 rings (SSSR count). The maximum absolute atomic E-state index is 12.2. The van der Waals surface area contributed by atoms with Crippen molar-refractivity contribution in [3.63, 3.8) is 0 Å². The van der Waals surface area contributed by atoms with Crippen LogP contribution in [0.25, 0.3) is 0 Å². The van der Waals surface area contributed by atoms with Gasteiger partial charge in [-0.2, -0.15) is 13.2 Å². The van der Waals surface area contributed by atoms with Gasteiger partial charge in [0.25, 0.3) is 0 Å². The lowest BCUT2D eigenvalue weighted by Gasteiger charge is -2.42. The fourth-order valence-electron chi connectivity index (χ4n) is 2.98. The summed E-state index contributed by atoms with van der Waals surface area (Å²) in [5.74, 6) is 0.593. The quantitative estimate of drug-likeness (QED) is 0.503. The molecule has 0 spiro atoms. The Labute approximate surface area is 157 Å². The number of methoxy groups -OCH3 is 1. The molecule has 1 aliphatic carbocycles. The fraction of sp³-hybridized carbons (Fsp3) is 0.667. The Morgan fingerprint density at radius 2 is 2.11 bits per heavy atom. The second kappa shape index (κ2) is 9.77. The summed E-state index contributed by atoms with van der Waals surface area (Å²) >= 11 is 0. The van der Waals surface area contributed by atoms with Gasteiger partial charge in [0.05, 0.1) is 0 Å². The van der Waals surface area contributed by atoms with Crippen molar-refractivity contribution in [3.05, 3.63) is 23.9 Å². The number of halogens is 3. The first-order chi connectivity index (χ1) is 12.9. The molecule has 27 heavy (non-hydrogen) atoms. The van der Waals surface area contributed by atoms with E-state index in [0.717, 1.165) is 25.1 Å². The SMILES string of the molecule is CN=C(NCc1ccnc(OCC(F)(F)F)c1)NCC1(CCOC)CCC1. The van der Waals surface area contributed by atoms with Crippen molar-refractivity contribution in [2.45, 2.75) is 38.4 Å². The van der Waals surface area contributed by atoms with Gasteiger partial charge in [-0.15, -0.1) is 0 Å². The molecule has 0 unspecified atom stereocenters. The molecule has 6 nitrogen and oxygen atoms in total. The normalized spacial score (nSPS) is 16.6. The number of aliphatic imine (C=N–C) groups is 1. The summed E-state index contributed by atoms with van der Waals surface area (Å²) in [7, 11) is 3.39. The zero-order chi connectivity index (χ0) is 19.8. The highest BCUT2D eigenvalue weighted by atomic mass is 19.4. The number of aromatic nitrogens is 1. The van der Waals surface area contributed by atoms with Crippen molar-refractivity contribution in [1.29, 1.82) is 0 Å². The summed E-state index contributed by atoms with van der Waals surface area (Å²) in [6.07, 6.45) is 1.62. The minimum Gasteiger partial charge on any atom is -0.468 e. The van der Waals surface area contributed by atoms with Gasteiger partial charge in [-0.3, -0.25) is 4.99 Å². The third-order valence-electron chi connectivity index (χ3n) is 4.75. The molecule has 1 fully saturated rings. The van der Waals surface area contributed by atoms with Gasteiger partial charge < -0.3 is 20.1 Å². The Hall–Kier alpha value is -2.03. The second-order valence-electron chi connectivity index (χ2n) is 6.78. The molecule has 0 aliphatic heterocycles. The first kappa shape index (κ1) is 21.3. The van der Waals surface area contributed by atoms with Gasteiger partial charge in [0.2, 0.25) is 5.88 Å². The van der Waals surface area contributed by atoms with E-state index in [0.29, 0.717) is 12.5 Å². The van der Waals surface area contributed by atoms with Gasteiger partial charge in [-0.25, -0.2) is 4.98 Å². The molecule has 1 aliphatic rings. The summed E-state index contributed by atoms with van der Waals surface area (Å²) in [5, 5.41) is 6.50. The van der Waals surface area contributed by atoms with Crippen LogP contribution in [-0.4, -0.2) is 51.0 Å². The molecule has 0 bridgehead atoms. The molecule has 0 radical (unpaired) electrons. The Morgan fingerprint density at radius 1 is 1.33 bits per heavy atom. The average molecular weight is 388 g/mol. The van der Waals surface area contributed by atoms with E-state index >= 15 is 0 Å². The van der Waals surface area contributed by atoms with Gasteiger partial charge >= 0.3 is 6.18 Å². The van der Waals surface area contributed by atoms with E-state index in [1.54, 1.807) is 20.2 Å². The highest BCUT2D eigenvalue weighted by Crippen LogP contribution is 2.43. The number of nitrogens with zero attached hydrogens (tertiary/aromatic N) is 2. The van der Waals surface area contributed by atoms with Crippen LogP contribution in [0, 0.1) is 5.41 Å². The predicted octanol–water partition coefficient (Wildman–Crippen LogP) is 2.89. The molecule has 0 saturated heterocycles. The van der Waals surface area contributed by atoms with Gasteiger partial charge in [0.15, 0.2) is 12.6 Å². The number of rotatable bonds is 9. The van der Waals surface area contributed by atoms with Crippen LogP contribution in [0.2, 0.25) is 0 Å². The Balaban J connectivity index is 1.81. The molecule has 1 aromatic heterocycles. The predicted molar refractivity (Wildman–Crippen MR) is 96.8 cm³/mol. The minimum atomic E-state index is -4.39. The molecule has 1 saturated carbocycles. The summed E-state index contributed by atoms with van der Waals surface area (Å²) in [6.45, 7) is 0.594. The number of hydrogen-bond acceptors (Lipinski definition) is 4. The first-order valence-corrected chi connectivity index (χ1v) is 8.94. The van der Waals surface area contributed by atoms with Crippen LogP contribution in [0.15, 0.2) is 23.3 Å². The zero-order valence-electron chi connectivity index (χ0n) is 15.7. The molecule has 0 amide bonds. The number of nitrogens with one attached hydrogen (secondary N) is 2. The summed E-state index contributed by atoms with van der Waals surface area (Å²) in [6, 6.07) is 3.20. The molecule has 152 valence electrons. The van der Waals surface area contributed by atoms with Crippen LogP contribution in [0.4, 0.5) is 13.2 Å². The number of guanidine groups is 1. The van der Waals surface area contributed by atoms with E-state index in [1.807, 2.05) is 0 Å². The molecule has 0 atom stereocenters. The van der Waals surface area contributed by atoms with Gasteiger partial charge in [0, 0.05) is 46.1 Å². The third kappa shape index (κ3) is 7.24. The van der Waals surface area contributed by atoms with Gasteiger partial charge in [-0.05, 0) is 36.3 Å². The van der Waals surface area contributed by atoms with Crippen LogP contribution in [0.1, 0.15) is 31.2 Å². The van der Waals surface area contributed by atoms with Crippen LogP contribution in [0.5, 0.6) is 5.88 Å². The van der Waals surface area contributed by atoms with E-state index in [2.05, 4.69) is 25.3 Å². The Morgan fingerprint density at radius 3 is 2.70 bits per heavy atom. The lowest BCUT2D eigenvalue weighted by molar-refractivity contribution is -0.154. The van der Waals surface area contributed by atoms with Gasteiger partial charge in [0.1, 0.15) is 0 Å². The lowest BCUT2D eigenvalue weighted by Crippen LogP contribution is -2.46. The number of pyridine rings is 1. The maximum Gasteiger partial charge on any atom is 0.422 e. The third-order valence-corrected chi connectivity index (χ3v) is 4.75. The van der Waals surface area contributed by atoms with Crippen LogP contribution in [0.3, 0.4) is 0 Å². The van der Waals surface area contributed by atoms with E-state index in [9.17, 15) is 13.2 Å². The molecule has 0 aromatic carbocycles. The van der Waals surface area contributed by atoms with Crippen molar-refractivity contribution in [2.24, 2.45) is 10.4 Å². The second-order valence-corrected chi connectivity index (χ2v) is 6.78. The highest BCUT2D eigenvalue weighted by Gasteiger charge is 2.36. The molecular weight excluding hydrogens is 361 g/mol. The molecule has 1 heterocycles. The van der Waals surface area contributed by atoms with Crippen molar-refractivity contribution in [3.8, 4) is 5.88 Å². The largest absolute Gasteiger partial charge is 0.468 e. The number of ether oxygens (including phenoxy) is 2. The average Bonchev–Trinajstić information content (AvgIpc) is 2.61. The number of alkyl halides is 3. The van der Waals surface area contributed by atoms with Crippen molar-refractivity contribution >= 4 is 5.96 Å². The monoisotopic (exact) mass is 388 g/mol. The number of hydrogen-bond donors (Lipinski definition) is 2. The van der Waals surface area contributed by atoms with Crippen molar-refractivity contribution in [1.82, 2.24) is 15.6 Å². The van der Waals surface area contributed by atoms with E-state index in [1.165, 1.54) is 31.5 Å². The van der Waals surface area contributed by atoms with E-state index in [-0.39, 0.29) is 11.3 Å². The maximum atomic E-state index is 12.2. The molecular formula is C18H27F3N4O2. The Bertz CT molecular complexity index is 619. The summed E-state index contributed by atoms with van der Waals surface area (Å²) in [5.41, 5.74) is 1.01. The standard InChI is InChI=1S/C18H27F3N4O2/c1-22-16(25-12-17(5-3-6-17)7-9-26-2)24-11-14-4-8-23-15(10-14)27-13-18(19,20)21/h4,8,10H,3,5-7,9,11-13H2,1-2H3,(H2,22,24,25). The Kier molecular flexibility index (Phi) is 7.70. The topological polar surface area (TPSA) is 67.8 Å². The minimum absolute atomic E-state index is 0.0532. The first-order valence-electron chi connectivity index (χ1n) is 8.94. The van der Waals surface area contributed by atoms with Crippen molar-refractivity contribution in [2.75, 3.05) is 33.9 Å². The van der Waals surface area contributed by atoms with E-state index < -0.39 is 12.8 Å². The van der Waals surface area contributed by atoms with Crippen LogP contribution < -0.4 is 15.4 Å². The van der Waals surface area contributed by atoms with Crippen LogP contribution in [-0.2, 0) is 11.3 Å². The van der Waals surface area contributed by atoms with Crippen LogP contribution >= 0.6 is 0 Å². The zero-order valence-corrected chi connectivity index (χ0v) is 15.7. The lowest BCUT2D eigenvalue weighted by atomic mass is 9.67. The van der Waals surface area contributed by atoms with E-state index in [4.69, 9.17) is 4.74 Å². The van der Waals surface area contributed by atoms with Crippen molar-refractivity contribution < 1.29 is 22.6 Å². The summed E-state index contributed by atoms with van der Waals surface area (Å²) in [4.78, 5) is 8.00. The fourth-order valence-corrected chi connectivity index (χ4v) is 2.98. The molecule has 1 aromatic rings. The highest BCUT2D eigenvalue weighted by molar-refractivity contribution is 5.79. The molecule has 2 N–H and O–H groups in total. The van der Waals surface area contributed by atoms with Gasteiger partial charge in [-0.1, -0.05) is 6.42 Å². The molecule has 9 heteroatoms. The summed E-state index contributed by atoms with van der Waals surface area (Å²) < 4.78 is 46.6. The smallest absolute Gasteiger partial charge is 0.422 e.